The highest BCUT2D eigenvalue weighted by molar-refractivity contribution is 5.48. The lowest BCUT2D eigenvalue weighted by Crippen LogP contribution is -2.16. The third-order valence-electron chi connectivity index (χ3n) is 5.51. The van der Waals surface area contributed by atoms with Crippen molar-refractivity contribution in [2.45, 2.75) is 37.6 Å². The average molecular weight is 363 g/mol. The van der Waals surface area contributed by atoms with Crippen LogP contribution < -0.4 is 5.56 Å². The van der Waals surface area contributed by atoms with Crippen molar-refractivity contribution >= 4 is 0 Å². The van der Waals surface area contributed by atoms with Crippen molar-refractivity contribution in [3.8, 4) is 11.5 Å². The van der Waals surface area contributed by atoms with Crippen molar-refractivity contribution in [2.75, 3.05) is 13.2 Å². The zero-order valence-corrected chi connectivity index (χ0v) is 15.0. The van der Waals surface area contributed by atoms with Gasteiger partial charge in [0.2, 0.25) is 0 Å². The van der Waals surface area contributed by atoms with E-state index in [1.54, 1.807) is 6.20 Å². The van der Waals surface area contributed by atoms with E-state index in [9.17, 15) is 4.79 Å². The average Bonchev–Trinajstić information content (AvgIpc) is 3.33. The number of hydrogen-bond donors (Lipinski definition) is 1. The summed E-state index contributed by atoms with van der Waals surface area (Å²) < 4.78 is 7.50. The molecule has 0 saturated carbocycles. The van der Waals surface area contributed by atoms with Crippen molar-refractivity contribution in [3.05, 3.63) is 64.0 Å². The van der Waals surface area contributed by atoms with Gasteiger partial charge in [0, 0.05) is 25.3 Å². The molecule has 1 aromatic carbocycles. The summed E-state index contributed by atoms with van der Waals surface area (Å²) >= 11 is 0. The van der Waals surface area contributed by atoms with Gasteiger partial charge in [0.05, 0.1) is 12.2 Å². The molecule has 2 aromatic heterocycles. The molecule has 3 heterocycles. The minimum Gasteiger partial charge on any atom is -0.381 e. The fourth-order valence-electron chi connectivity index (χ4n) is 4.07. The van der Waals surface area contributed by atoms with Gasteiger partial charge in [-0.05, 0) is 36.8 Å². The van der Waals surface area contributed by atoms with Crippen LogP contribution in [0.25, 0.3) is 11.5 Å². The maximum atomic E-state index is 11.4. The van der Waals surface area contributed by atoms with Gasteiger partial charge in [-0.1, -0.05) is 24.3 Å². The van der Waals surface area contributed by atoms with Crippen LogP contribution in [-0.2, 0) is 17.6 Å². The van der Waals surface area contributed by atoms with Gasteiger partial charge in [-0.25, -0.2) is 14.6 Å². The van der Waals surface area contributed by atoms with Gasteiger partial charge >= 0.3 is 0 Å². The molecular formula is C20H21N5O2. The lowest BCUT2D eigenvalue weighted by Gasteiger charge is -2.19. The van der Waals surface area contributed by atoms with Crippen molar-refractivity contribution in [3.63, 3.8) is 0 Å². The number of ether oxygens (including phenoxy) is 1. The van der Waals surface area contributed by atoms with Gasteiger partial charge in [0.15, 0.2) is 11.6 Å². The Balaban J connectivity index is 1.55. The molecule has 1 saturated heterocycles. The van der Waals surface area contributed by atoms with Gasteiger partial charge < -0.3 is 9.72 Å². The van der Waals surface area contributed by atoms with Crippen LogP contribution in [0, 0.1) is 0 Å². The first kappa shape index (κ1) is 16.4. The standard InChI is InChI=1S/C20H21N5O2/c26-18-12-21-17(11-22-18)20-23-19(13-5-7-27-8-6-13)24-25(20)16-9-14-3-1-2-4-15(14)10-16/h1-4,11-13,16H,5-10H2,(H,22,26). The van der Waals surface area contributed by atoms with E-state index in [2.05, 4.69) is 34.2 Å². The van der Waals surface area contributed by atoms with Crippen molar-refractivity contribution in [1.82, 2.24) is 24.7 Å². The van der Waals surface area contributed by atoms with Gasteiger partial charge in [-0.15, -0.1) is 0 Å². The Labute approximate surface area is 156 Å². The van der Waals surface area contributed by atoms with Crippen LogP contribution in [0.15, 0.2) is 41.5 Å². The summed E-state index contributed by atoms with van der Waals surface area (Å²) in [6, 6.07) is 8.75. The number of aromatic amines is 1. The van der Waals surface area contributed by atoms with E-state index in [4.69, 9.17) is 14.8 Å². The maximum absolute atomic E-state index is 11.4. The quantitative estimate of drug-likeness (QED) is 0.771. The SMILES string of the molecule is O=c1cnc(-c2nc(C3CCOCC3)nn2C2Cc3ccccc3C2)c[nH]1. The summed E-state index contributed by atoms with van der Waals surface area (Å²) in [7, 11) is 0. The summed E-state index contributed by atoms with van der Waals surface area (Å²) in [5.74, 6) is 1.90. The summed E-state index contributed by atoms with van der Waals surface area (Å²) in [6.07, 6.45) is 6.66. The van der Waals surface area contributed by atoms with Crippen LogP contribution in [0.2, 0.25) is 0 Å². The first-order valence-electron chi connectivity index (χ1n) is 9.44. The molecule has 1 aliphatic carbocycles. The number of fused-ring (bicyclic) bond motifs is 1. The molecule has 1 fully saturated rings. The third-order valence-corrected chi connectivity index (χ3v) is 5.51. The Hall–Kier alpha value is -2.80. The maximum Gasteiger partial charge on any atom is 0.266 e. The van der Waals surface area contributed by atoms with Gasteiger partial charge in [0.1, 0.15) is 5.69 Å². The molecule has 5 rings (SSSR count). The van der Waals surface area contributed by atoms with E-state index < -0.39 is 0 Å². The molecule has 0 unspecified atom stereocenters. The Morgan fingerprint density at radius 1 is 1.11 bits per heavy atom. The lowest BCUT2D eigenvalue weighted by atomic mass is 10.00. The number of nitrogens with zero attached hydrogens (tertiary/aromatic N) is 4. The second kappa shape index (κ2) is 6.74. The summed E-state index contributed by atoms with van der Waals surface area (Å²) in [4.78, 5) is 23.3. The Bertz CT molecular complexity index is 974. The van der Waals surface area contributed by atoms with Gasteiger partial charge in [0.25, 0.3) is 5.56 Å². The molecular weight excluding hydrogens is 342 g/mol. The minimum atomic E-state index is -0.220. The number of aromatic nitrogens is 5. The number of benzene rings is 1. The van der Waals surface area contributed by atoms with E-state index in [1.807, 2.05) is 4.68 Å². The molecule has 138 valence electrons. The summed E-state index contributed by atoms with van der Waals surface area (Å²) in [6.45, 7) is 1.50. The Morgan fingerprint density at radius 2 is 1.85 bits per heavy atom. The highest BCUT2D eigenvalue weighted by Gasteiger charge is 2.29. The van der Waals surface area contributed by atoms with E-state index in [-0.39, 0.29) is 11.6 Å². The topological polar surface area (TPSA) is 85.7 Å². The first-order chi connectivity index (χ1) is 13.3. The minimum absolute atomic E-state index is 0.215. The largest absolute Gasteiger partial charge is 0.381 e. The summed E-state index contributed by atoms with van der Waals surface area (Å²) in [5, 5.41) is 4.92. The van der Waals surface area contributed by atoms with Gasteiger partial charge in [-0.3, -0.25) is 4.79 Å². The number of nitrogens with one attached hydrogen (secondary N) is 1. The monoisotopic (exact) mass is 363 g/mol. The lowest BCUT2D eigenvalue weighted by molar-refractivity contribution is 0.0835. The van der Waals surface area contributed by atoms with Crippen molar-refractivity contribution < 1.29 is 4.74 Å². The molecule has 0 radical (unpaired) electrons. The van der Waals surface area contributed by atoms with Crippen LogP contribution >= 0.6 is 0 Å². The van der Waals surface area contributed by atoms with E-state index in [1.165, 1.54) is 17.3 Å². The highest BCUT2D eigenvalue weighted by Crippen LogP contribution is 2.34. The zero-order valence-electron chi connectivity index (χ0n) is 15.0. The highest BCUT2D eigenvalue weighted by atomic mass is 16.5. The molecule has 2 aliphatic rings. The fourth-order valence-corrected chi connectivity index (χ4v) is 4.07. The molecule has 7 heteroatoms. The number of hydrogen-bond acceptors (Lipinski definition) is 5. The molecule has 0 spiro atoms. The van der Waals surface area contributed by atoms with Crippen molar-refractivity contribution in [2.24, 2.45) is 0 Å². The Morgan fingerprint density at radius 3 is 2.52 bits per heavy atom. The molecule has 0 amide bonds. The number of rotatable bonds is 3. The van der Waals surface area contributed by atoms with Crippen molar-refractivity contribution in [1.29, 1.82) is 0 Å². The summed E-state index contributed by atoms with van der Waals surface area (Å²) in [5.41, 5.74) is 3.16. The molecule has 3 aromatic rings. The molecule has 0 bridgehead atoms. The van der Waals surface area contributed by atoms with Crippen LogP contribution in [0.3, 0.4) is 0 Å². The normalized spacial score (nSPS) is 17.9. The second-order valence-electron chi connectivity index (χ2n) is 7.25. The zero-order chi connectivity index (χ0) is 18.2. The van der Waals surface area contributed by atoms with Crippen LogP contribution in [-0.4, -0.2) is 37.9 Å². The van der Waals surface area contributed by atoms with Crippen LogP contribution in [0.4, 0.5) is 0 Å². The van der Waals surface area contributed by atoms with E-state index in [0.29, 0.717) is 11.6 Å². The van der Waals surface area contributed by atoms with Gasteiger partial charge in [-0.2, -0.15) is 5.10 Å². The molecule has 27 heavy (non-hydrogen) atoms. The fraction of sp³-hybridized carbons (Fsp3) is 0.400. The first-order valence-corrected chi connectivity index (χ1v) is 9.44. The number of H-pyrrole nitrogens is 1. The Kier molecular flexibility index (Phi) is 4.09. The predicted octanol–water partition coefficient (Wildman–Crippen LogP) is 2.26. The van der Waals surface area contributed by atoms with Crippen LogP contribution in [0.1, 0.15) is 41.8 Å². The van der Waals surface area contributed by atoms with E-state index in [0.717, 1.165) is 50.5 Å². The predicted molar refractivity (Wildman–Crippen MR) is 99.6 cm³/mol. The third kappa shape index (κ3) is 3.08. The molecule has 1 aliphatic heterocycles. The molecule has 1 N–H and O–H groups in total. The van der Waals surface area contributed by atoms with E-state index >= 15 is 0 Å². The molecule has 7 nitrogen and oxygen atoms in total. The van der Waals surface area contributed by atoms with Crippen LogP contribution in [0.5, 0.6) is 0 Å². The smallest absolute Gasteiger partial charge is 0.266 e. The second-order valence-corrected chi connectivity index (χ2v) is 7.25. The molecule has 0 atom stereocenters.